The number of hydrogen-bond acceptors (Lipinski definition) is 3. The molecule has 5 nitrogen and oxygen atoms in total. The second kappa shape index (κ2) is 9.22. The molecule has 1 rings (SSSR count). The van der Waals surface area contributed by atoms with Crippen LogP contribution in [-0.4, -0.2) is 29.7 Å². The maximum atomic E-state index is 12.5. The smallest absolute Gasteiger partial charge is 0.407 e. The number of alkyl carbamates (subject to hydrolysis) is 1. The topological polar surface area (TPSA) is 67.4 Å². The van der Waals surface area contributed by atoms with Crippen LogP contribution in [0.3, 0.4) is 0 Å². The monoisotopic (exact) mass is 412 g/mol. The molecule has 2 amide bonds. The molecular formula is C19H29BrN2O3. The molecular weight excluding hydrogens is 384 g/mol. The van der Waals surface area contributed by atoms with E-state index in [1.165, 1.54) is 0 Å². The summed E-state index contributed by atoms with van der Waals surface area (Å²) in [4.78, 5) is 24.4. The minimum atomic E-state index is -0.547. The first-order valence-electron chi connectivity index (χ1n) is 8.61. The zero-order chi connectivity index (χ0) is 19.1. The summed E-state index contributed by atoms with van der Waals surface area (Å²) in [6.45, 7) is 9.79. The summed E-state index contributed by atoms with van der Waals surface area (Å²) in [5, 5.41) is 5.87. The van der Waals surface area contributed by atoms with Crippen LogP contribution in [0.2, 0.25) is 0 Å². The van der Waals surface area contributed by atoms with Crippen LogP contribution < -0.4 is 10.6 Å². The first-order valence-corrected chi connectivity index (χ1v) is 9.41. The van der Waals surface area contributed by atoms with Crippen molar-refractivity contribution in [2.24, 2.45) is 0 Å². The molecule has 0 saturated heterocycles. The molecule has 0 aliphatic heterocycles. The Balaban J connectivity index is 2.67. The third-order valence-electron chi connectivity index (χ3n) is 3.98. The molecule has 0 atom stereocenters. The van der Waals surface area contributed by atoms with Crippen molar-refractivity contribution in [3.63, 3.8) is 0 Å². The van der Waals surface area contributed by atoms with Crippen molar-refractivity contribution in [2.75, 3.05) is 6.54 Å². The van der Waals surface area contributed by atoms with E-state index in [1.54, 1.807) is 0 Å². The van der Waals surface area contributed by atoms with Gasteiger partial charge in [0.25, 0.3) is 0 Å². The molecule has 0 heterocycles. The largest absolute Gasteiger partial charge is 0.444 e. The molecule has 0 saturated carbocycles. The van der Waals surface area contributed by atoms with Crippen molar-refractivity contribution >= 4 is 27.9 Å². The van der Waals surface area contributed by atoms with E-state index in [2.05, 4.69) is 26.6 Å². The lowest BCUT2D eigenvalue weighted by Gasteiger charge is -2.33. The number of carbonyl (C=O) groups excluding carboxylic acids is 2. The van der Waals surface area contributed by atoms with E-state index in [0.717, 1.165) is 10.0 Å². The maximum absolute atomic E-state index is 12.5. The summed E-state index contributed by atoms with van der Waals surface area (Å²) in [6, 6.07) is 7.68. The number of carbonyl (C=O) groups is 2. The minimum Gasteiger partial charge on any atom is -0.444 e. The number of benzene rings is 1. The molecule has 1 aromatic rings. The van der Waals surface area contributed by atoms with Crippen molar-refractivity contribution in [1.82, 2.24) is 10.6 Å². The molecule has 0 aliphatic rings. The highest BCUT2D eigenvalue weighted by atomic mass is 79.9. The highest BCUT2D eigenvalue weighted by molar-refractivity contribution is 9.10. The van der Waals surface area contributed by atoms with Crippen LogP contribution in [0.4, 0.5) is 4.79 Å². The first kappa shape index (κ1) is 21.5. The molecule has 1 aromatic carbocycles. The third-order valence-corrected chi connectivity index (χ3v) is 4.48. The van der Waals surface area contributed by atoms with E-state index in [0.29, 0.717) is 25.8 Å². The van der Waals surface area contributed by atoms with Crippen molar-refractivity contribution in [1.29, 1.82) is 0 Å². The Labute approximate surface area is 159 Å². The number of halogens is 1. The summed E-state index contributed by atoms with van der Waals surface area (Å²) in [7, 11) is 0. The second-order valence-corrected chi connectivity index (χ2v) is 8.11. The Morgan fingerprint density at radius 2 is 1.80 bits per heavy atom. The number of hydrogen-bond donors (Lipinski definition) is 2. The molecule has 6 heteroatoms. The lowest BCUT2D eigenvalue weighted by molar-refractivity contribution is -0.122. The van der Waals surface area contributed by atoms with Crippen molar-refractivity contribution < 1.29 is 14.3 Å². The number of amides is 2. The fourth-order valence-corrected chi connectivity index (χ4v) is 2.90. The SMILES string of the molecule is CCC(CC)(CNC(=O)OC(C)(C)C)NC(=O)Cc1cccc(Br)c1. The molecule has 0 unspecified atom stereocenters. The lowest BCUT2D eigenvalue weighted by atomic mass is 9.92. The van der Waals surface area contributed by atoms with Gasteiger partial charge in [-0.2, -0.15) is 0 Å². The van der Waals surface area contributed by atoms with Gasteiger partial charge in [0.05, 0.1) is 12.0 Å². The van der Waals surface area contributed by atoms with Gasteiger partial charge in [-0.25, -0.2) is 4.79 Å². The summed E-state index contributed by atoms with van der Waals surface area (Å²) in [6.07, 6.45) is 1.25. The normalized spacial score (nSPS) is 11.8. The second-order valence-electron chi connectivity index (χ2n) is 7.20. The fraction of sp³-hybridized carbons (Fsp3) is 0.579. The van der Waals surface area contributed by atoms with Crippen molar-refractivity contribution in [2.45, 2.75) is 65.0 Å². The van der Waals surface area contributed by atoms with Gasteiger partial charge >= 0.3 is 6.09 Å². The molecule has 0 radical (unpaired) electrons. The zero-order valence-corrected chi connectivity index (χ0v) is 17.3. The van der Waals surface area contributed by atoms with E-state index < -0.39 is 17.2 Å². The van der Waals surface area contributed by atoms with Gasteiger partial charge in [-0.3, -0.25) is 4.79 Å². The number of ether oxygens (including phenoxy) is 1. The molecule has 140 valence electrons. The minimum absolute atomic E-state index is 0.0622. The molecule has 0 aromatic heterocycles. The van der Waals surface area contributed by atoms with Gasteiger partial charge in [-0.1, -0.05) is 41.9 Å². The summed E-state index contributed by atoms with van der Waals surface area (Å²) < 4.78 is 6.21. The molecule has 25 heavy (non-hydrogen) atoms. The molecule has 0 spiro atoms. The van der Waals surface area contributed by atoms with Crippen LogP contribution in [0.1, 0.15) is 53.0 Å². The van der Waals surface area contributed by atoms with Gasteiger partial charge in [-0.15, -0.1) is 0 Å². The van der Waals surface area contributed by atoms with Gasteiger partial charge in [-0.05, 0) is 51.3 Å². The van der Waals surface area contributed by atoms with Crippen LogP contribution in [0.15, 0.2) is 28.7 Å². The lowest BCUT2D eigenvalue weighted by Crippen LogP contribution is -2.55. The van der Waals surface area contributed by atoms with Crippen LogP contribution in [-0.2, 0) is 16.0 Å². The van der Waals surface area contributed by atoms with Crippen LogP contribution in [0.5, 0.6) is 0 Å². The van der Waals surface area contributed by atoms with E-state index in [4.69, 9.17) is 4.74 Å². The third kappa shape index (κ3) is 7.90. The van der Waals surface area contributed by atoms with Gasteiger partial charge in [0, 0.05) is 11.0 Å². The van der Waals surface area contributed by atoms with Gasteiger partial charge in [0.15, 0.2) is 0 Å². The quantitative estimate of drug-likeness (QED) is 0.705. The van der Waals surface area contributed by atoms with Crippen LogP contribution in [0, 0.1) is 0 Å². The Hall–Kier alpha value is -1.56. The highest BCUT2D eigenvalue weighted by Gasteiger charge is 2.29. The zero-order valence-electron chi connectivity index (χ0n) is 15.7. The molecule has 0 aliphatic carbocycles. The van der Waals surface area contributed by atoms with Gasteiger partial charge in [0.1, 0.15) is 5.60 Å². The number of nitrogens with one attached hydrogen (secondary N) is 2. The standard InChI is InChI=1S/C19H29BrN2O3/c1-6-19(7-2,13-21-17(24)25-18(3,4)5)22-16(23)12-14-9-8-10-15(20)11-14/h8-11H,6-7,12-13H2,1-5H3,(H,21,24)(H,22,23). The predicted octanol–water partition coefficient (Wildman–Crippen LogP) is 4.19. The van der Waals surface area contributed by atoms with Crippen LogP contribution in [0.25, 0.3) is 0 Å². The predicted molar refractivity (Wildman–Crippen MR) is 104 cm³/mol. The van der Waals surface area contributed by atoms with Gasteiger partial charge < -0.3 is 15.4 Å². The average molecular weight is 413 g/mol. The fourth-order valence-electron chi connectivity index (χ4n) is 2.45. The van der Waals surface area contributed by atoms with E-state index >= 15 is 0 Å². The van der Waals surface area contributed by atoms with E-state index in [9.17, 15) is 9.59 Å². The van der Waals surface area contributed by atoms with Crippen molar-refractivity contribution in [3.05, 3.63) is 34.3 Å². The number of rotatable bonds is 7. The Kier molecular flexibility index (Phi) is 7.93. The first-order chi connectivity index (χ1) is 11.6. The maximum Gasteiger partial charge on any atom is 0.407 e. The average Bonchev–Trinajstić information content (AvgIpc) is 2.50. The van der Waals surface area contributed by atoms with Crippen LogP contribution >= 0.6 is 15.9 Å². The molecule has 2 N–H and O–H groups in total. The van der Waals surface area contributed by atoms with E-state index in [-0.39, 0.29) is 5.91 Å². The summed E-state index contributed by atoms with van der Waals surface area (Å²) in [5.41, 5.74) is -0.0946. The van der Waals surface area contributed by atoms with Gasteiger partial charge in [0.2, 0.25) is 5.91 Å². The van der Waals surface area contributed by atoms with Crippen molar-refractivity contribution in [3.8, 4) is 0 Å². The Morgan fingerprint density at radius 1 is 1.16 bits per heavy atom. The summed E-state index contributed by atoms with van der Waals surface area (Å²) in [5.74, 6) is -0.0622. The highest BCUT2D eigenvalue weighted by Crippen LogP contribution is 2.17. The molecule has 0 fully saturated rings. The summed E-state index contributed by atoms with van der Waals surface area (Å²) >= 11 is 3.41. The molecule has 0 bridgehead atoms. The van der Waals surface area contributed by atoms with E-state index in [1.807, 2.05) is 58.9 Å². The Morgan fingerprint density at radius 3 is 2.32 bits per heavy atom. The Bertz CT molecular complexity index is 593.